The van der Waals surface area contributed by atoms with Crippen LogP contribution in [0, 0.1) is 0 Å². The van der Waals surface area contributed by atoms with Gasteiger partial charge in [-0.1, -0.05) is 112 Å². The summed E-state index contributed by atoms with van der Waals surface area (Å²) in [6.45, 7) is 11.9. The van der Waals surface area contributed by atoms with E-state index in [9.17, 15) is 4.79 Å². The second kappa shape index (κ2) is 12.9. The number of piperazine rings is 1. The minimum absolute atomic E-state index is 0.0653. The van der Waals surface area contributed by atoms with Crippen molar-refractivity contribution in [3.63, 3.8) is 0 Å². The van der Waals surface area contributed by atoms with E-state index in [1.165, 1.54) is 10.4 Å². The highest BCUT2D eigenvalue weighted by molar-refractivity contribution is 6.99. The van der Waals surface area contributed by atoms with Crippen molar-refractivity contribution in [2.45, 2.75) is 57.8 Å². The molecule has 1 aliphatic heterocycles. The Labute approximate surface area is 229 Å². The van der Waals surface area contributed by atoms with E-state index in [1.54, 1.807) is 0 Å². The van der Waals surface area contributed by atoms with Crippen molar-refractivity contribution < 1.29 is 14.0 Å². The molecule has 5 nitrogen and oxygen atoms in total. The number of amides is 1. The number of carbonyl (C=O) groups excluding carboxylic acids is 1. The maximum absolute atomic E-state index is 13.3. The number of benzene rings is 3. The minimum atomic E-state index is -2.71. The van der Waals surface area contributed by atoms with E-state index in [4.69, 9.17) is 9.16 Å². The molecule has 1 heterocycles. The summed E-state index contributed by atoms with van der Waals surface area (Å²) in [5, 5.41) is 5.67. The number of hydrogen-bond donors (Lipinski definition) is 1. The van der Waals surface area contributed by atoms with Gasteiger partial charge in [0.15, 0.2) is 0 Å². The summed E-state index contributed by atoms with van der Waals surface area (Å²) in [6, 6.07) is 31.3. The number of nitrogens with zero attached hydrogens (tertiary/aromatic N) is 1. The van der Waals surface area contributed by atoms with Gasteiger partial charge in [-0.05, 0) is 34.3 Å². The molecule has 0 radical (unpaired) electrons. The van der Waals surface area contributed by atoms with E-state index in [0.717, 1.165) is 18.5 Å². The van der Waals surface area contributed by atoms with Gasteiger partial charge in [0.1, 0.15) is 0 Å². The van der Waals surface area contributed by atoms with Gasteiger partial charge in [-0.3, -0.25) is 4.79 Å². The van der Waals surface area contributed by atoms with E-state index >= 15 is 0 Å². The van der Waals surface area contributed by atoms with E-state index in [2.05, 4.69) is 98.9 Å². The van der Waals surface area contributed by atoms with Crippen LogP contribution in [-0.4, -0.2) is 57.5 Å². The topological polar surface area (TPSA) is 50.8 Å². The number of ether oxygens (including phenoxy) is 1. The predicted molar refractivity (Wildman–Crippen MR) is 157 cm³/mol. The van der Waals surface area contributed by atoms with Crippen molar-refractivity contribution >= 4 is 24.6 Å². The number of nitrogens with one attached hydrogen (secondary N) is 1. The van der Waals surface area contributed by atoms with Gasteiger partial charge in [-0.25, -0.2) is 0 Å². The first-order valence-corrected chi connectivity index (χ1v) is 15.6. The second-order valence-corrected chi connectivity index (χ2v) is 15.5. The average Bonchev–Trinajstić information content (AvgIpc) is 2.93. The third-order valence-electron chi connectivity index (χ3n) is 7.51. The van der Waals surface area contributed by atoms with Gasteiger partial charge < -0.3 is 19.4 Å². The largest absolute Gasteiger partial charge is 0.405 e. The second-order valence-electron chi connectivity index (χ2n) is 11.2. The third kappa shape index (κ3) is 6.44. The molecule has 1 N–H and O–H groups in total. The van der Waals surface area contributed by atoms with Gasteiger partial charge in [0.2, 0.25) is 5.91 Å². The van der Waals surface area contributed by atoms with Crippen molar-refractivity contribution in [1.29, 1.82) is 0 Å². The standard InChI is InChI=1S/C32H42N2O3Si/c1-26-31(35)34(22-21-33-26)28(20-23-36-24-27-14-8-5-9-15-27)25-37-38(32(2,3)4,29-16-10-6-11-17-29)30-18-12-7-13-19-30/h5-19,26,28,33H,20-25H2,1-4H3/t26?,28-/m0/s1. The molecule has 0 aromatic heterocycles. The molecule has 0 spiro atoms. The molecule has 3 aromatic rings. The average molecular weight is 531 g/mol. The maximum Gasteiger partial charge on any atom is 0.261 e. The zero-order chi connectivity index (χ0) is 27.0. The first-order chi connectivity index (χ1) is 18.3. The summed E-state index contributed by atoms with van der Waals surface area (Å²) in [7, 11) is -2.71. The molecule has 6 heteroatoms. The van der Waals surface area contributed by atoms with Crippen molar-refractivity contribution in [3.05, 3.63) is 96.6 Å². The van der Waals surface area contributed by atoms with Crippen molar-refractivity contribution in [1.82, 2.24) is 10.2 Å². The summed E-state index contributed by atoms with van der Waals surface area (Å²) in [5.41, 5.74) is 1.15. The van der Waals surface area contributed by atoms with E-state index < -0.39 is 8.32 Å². The van der Waals surface area contributed by atoms with Crippen molar-refractivity contribution in [2.75, 3.05) is 26.3 Å². The predicted octanol–water partition coefficient (Wildman–Crippen LogP) is 4.36. The highest BCUT2D eigenvalue weighted by Crippen LogP contribution is 2.37. The fraction of sp³-hybridized carbons (Fsp3) is 0.406. The molecule has 1 aliphatic rings. The molecule has 1 saturated heterocycles. The lowest BCUT2D eigenvalue weighted by Gasteiger charge is -2.45. The lowest BCUT2D eigenvalue weighted by molar-refractivity contribution is -0.139. The summed E-state index contributed by atoms with van der Waals surface area (Å²) in [6.07, 6.45) is 0.726. The maximum atomic E-state index is 13.3. The fourth-order valence-corrected chi connectivity index (χ4v) is 10.1. The number of hydrogen-bond acceptors (Lipinski definition) is 4. The molecule has 1 amide bonds. The normalized spacial score (nSPS) is 17.4. The monoisotopic (exact) mass is 530 g/mol. The van der Waals surface area contributed by atoms with E-state index in [0.29, 0.717) is 26.4 Å². The van der Waals surface area contributed by atoms with Gasteiger partial charge >= 0.3 is 0 Å². The molecule has 4 rings (SSSR count). The zero-order valence-electron chi connectivity index (χ0n) is 23.2. The molecule has 3 aromatic carbocycles. The highest BCUT2D eigenvalue weighted by atomic mass is 28.4. The Kier molecular flexibility index (Phi) is 9.55. The van der Waals surface area contributed by atoms with Gasteiger partial charge in [0, 0.05) is 19.7 Å². The van der Waals surface area contributed by atoms with Gasteiger partial charge in [-0.2, -0.15) is 0 Å². The number of rotatable bonds is 11. The molecule has 0 saturated carbocycles. The molecule has 0 aliphatic carbocycles. The summed E-state index contributed by atoms with van der Waals surface area (Å²) >= 11 is 0. The fourth-order valence-electron chi connectivity index (χ4n) is 5.51. The summed E-state index contributed by atoms with van der Waals surface area (Å²) in [5.74, 6) is 0.135. The van der Waals surface area contributed by atoms with Crippen LogP contribution >= 0.6 is 0 Å². The van der Waals surface area contributed by atoms with E-state index in [-0.39, 0.29) is 23.0 Å². The molecule has 202 valence electrons. The van der Waals surface area contributed by atoms with Crippen LogP contribution in [-0.2, 0) is 20.6 Å². The summed E-state index contributed by atoms with van der Waals surface area (Å²) in [4.78, 5) is 15.3. The number of carbonyl (C=O) groups is 1. The minimum Gasteiger partial charge on any atom is -0.405 e. The lowest BCUT2D eigenvalue weighted by Crippen LogP contribution is -2.68. The smallest absolute Gasteiger partial charge is 0.261 e. The van der Waals surface area contributed by atoms with Gasteiger partial charge in [0.25, 0.3) is 8.32 Å². The van der Waals surface area contributed by atoms with Crippen LogP contribution in [0.15, 0.2) is 91.0 Å². The van der Waals surface area contributed by atoms with Crippen molar-refractivity contribution in [3.8, 4) is 0 Å². The molecule has 0 bridgehead atoms. The molecular formula is C32H42N2O3Si. The van der Waals surface area contributed by atoms with Crippen LogP contribution < -0.4 is 15.7 Å². The van der Waals surface area contributed by atoms with Crippen LogP contribution in [0.5, 0.6) is 0 Å². The van der Waals surface area contributed by atoms with Crippen LogP contribution in [0.2, 0.25) is 5.04 Å². The SMILES string of the molecule is CC1NCCN([C@@H](CCOCc2ccccc2)CO[Si](c2ccccc2)(c2ccccc2)C(C)(C)C)C1=O. The highest BCUT2D eigenvalue weighted by Gasteiger charge is 2.50. The Hall–Kier alpha value is -2.77. The zero-order valence-corrected chi connectivity index (χ0v) is 24.2. The van der Waals surface area contributed by atoms with Crippen LogP contribution in [0.25, 0.3) is 0 Å². The Balaban J connectivity index is 1.60. The van der Waals surface area contributed by atoms with Crippen LogP contribution in [0.1, 0.15) is 39.7 Å². The van der Waals surface area contributed by atoms with Gasteiger partial charge in [-0.15, -0.1) is 0 Å². The summed E-state index contributed by atoms with van der Waals surface area (Å²) < 4.78 is 13.3. The van der Waals surface area contributed by atoms with Crippen LogP contribution in [0.4, 0.5) is 0 Å². The third-order valence-corrected chi connectivity index (χ3v) is 12.5. The Morgan fingerprint density at radius 2 is 1.47 bits per heavy atom. The molecule has 38 heavy (non-hydrogen) atoms. The van der Waals surface area contributed by atoms with Crippen molar-refractivity contribution in [2.24, 2.45) is 0 Å². The first kappa shape index (κ1) is 28.2. The Morgan fingerprint density at radius 3 is 2.03 bits per heavy atom. The molecule has 1 fully saturated rings. The van der Waals surface area contributed by atoms with Gasteiger partial charge in [0.05, 0.1) is 25.3 Å². The Morgan fingerprint density at radius 1 is 0.921 bits per heavy atom. The van der Waals surface area contributed by atoms with E-state index in [1.807, 2.05) is 30.0 Å². The molecule has 2 atom stereocenters. The molecular weight excluding hydrogens is 488 g/mol. The van der Waals surface area contributed by atoms with Crippen LogP contribution in [0.3, 0.4) is 0 Å². The molecule has 1 unspecified atom stereocenters. The quantitative estimate of drug-likeness (QED) is 0.296. The Bertz CT molecular complexity index is 1100. The first-order valence-electron chi connectivity index (χ1n) is 13.7. The lowest BCUT2D eigenvalue weighted by atomic mass is 10.1.